The lowest BCUT2D eigenvalue weighted by Crippen LogP contribution is -2.11. The van der Waals surface area contributed by atoms with E-state index in [1.807, 2.05) is 6.20 Å². The molecule has 3 aromatic carbocycles. The minimum Gasteiger partial charge on any atom is -0.256 e. The second-order valence-electron chi connectivity index (χ2n) is 8.12. The highest BCUT2D eigenvalue weighted by atomic mass is 14.7. The lowest BCUT2D eigenvalue weighted by Gasteiger charge is -2.21. The van der Waals surface area contributed by atoms with E-state index in [0.717, 1.165) is 5.69 Å². The van der Waals surface area contributed by atoms with Gasteiger partial charge in [-0.3, -0.25) is 4.98 Å². The molecule has 0 atom stereocenters. The zero-order valence-electron chi connectivity index (χ0n) is 15.4. The van der Waals surface area contributed by atoms with Crippen LogP contribution in [0.5, 0.6) is 0 Å². The molecule has 26 heavy (non-hydrogen) atoms. The van der Waals surface area contributed by atoms with Crippen LogP contribution in [0.1, 0.15) is 26.3 Å². The van der Waals surface area contributed by atoms with Crippen molar-refractivity contribution >= 4 is 10.8 Å². The van der Waals surface area contributed by atoms with Crippen molar-refractivity contribution in [2.24, 2.45) is 0 Å². The van der Waals surface area contributed by atoms with Gasteiger partial charge in [0.25, 0.3) is 0 Å². The van der Waals surface area contributed by atoms with E-state index < -0.39 is 0 Å². The zero-order chi connectivity index (χ0) is 17.9. The van der Waals surface area contributed by atoms with Gasteiger partial charge in [0.2, 0.25) is 0 Å². The quantitative estimate of drug-likeness (QED) is 0.302. The maximum Gasteiger partial charge on any atom is 0.0792 e. The Morgan fingerprint density at radius 2 is 1.38 bits per heavy atom. The van der Waals surface area contributed by atoms with Gasteiger partial charge in [-0.05, 0) is 50.8 Å². The summed E-state index contributed by atoms with van der Waals surface area (Å²) in [6.45, 7) is 6.81. The van der Waals surface area contributed by atoms with E-state index in [1.54, 1.807) is 0 Å². The minimum absolute atomic E-state index is 0.114. The van der Waals surface area contributed by atoms with Crippen LogP contribution >= 0.6 is 0 Å². The van der Waals surface area contributed by atoms with Crippen LogP contribution in [0.25, 0.3) is 44.3 Å². The summed E-state index contributed by atoms with van der Waals surface area (Å²) < 4.78 is 0. The van der Waals surface area contributed by atoms with E-state index in [9.17, 15) is 0 Å². The first-order valence-electron chi connectivity index (χ1n) is 9.16. The summed E-state index contributed by atoms with van der Waals surface area (Å²) in [6, 6.07) is 24.3. The van der Waals surface area contributed by atoms with Gasteiger partial charge in [0, 0.05) is 17.1 Å². The number of hydrogen-bond acceptors (Lipinski definition) is 1. The van der Waals surface area contributed by atoms with Crippen molar-refractivity contribution in [3.05, 3.63) is 78.5 Å². The van der Waals surface area contributed by atoms with Crippen molar-refractivity contribution in [1.29, 1.82) is 0 Å². The fourth-order valence-corrected chi connectivity index (χ4v) is 4.05. The van der Waals surface area contributed by atoms with Crippen LogP contribution in [0.3, 0.4) is 0 Å². The van der Waals surface area contributed by atoms with Gasteiger partial charge < -0.3 is 0 Å². The molecule has 0 saturated carbocycles. The predicted molar refractivity (Wildman–Crippen MR) is 110 cm³/mol. The largest absolute Gasteiger partial charge is 0.256 e. The molecule has 0 N–H and O–H groups in total. The van der Waals surface area contributed by atoms with Gasteiger partial charge in [-0.25, -0.2) is 0 Å². The first-order chi connectivity index (χ1) is 12.5. The van der Waals surface area contributed by atoms with Crippen molar-refractivity contribution < 1.29 is 0 Å². The number of fused-ring (bicyclic) bond motifs is 5. The summed E-state index contributed by atoms with van der Waals surface area (Å²) in [4.78, 5) is 4.81. The number of nitrogens with zero attached hydrogens (tertiary/aromatic N) is 1. The molecule has 0 saturated heterocycles. The average Bonchev–Trinajstić information content (AvgIpc) is 2.77. The Kier molecular flexibility index (Phi) is 3.12. The van der Waals surface area contributed by atoms with Gasteiger partial charge in [0.1, 0.15) is 0 Å². The lowest BCUT2D eigenvalue weighted by molar-refractivity contribution is 0.590. The van der Waals surface area contributed by atoms with E-state index >= 15 is 0 Å². The number of aromatic nitrogens is 1. The molecule has 1 heteroatoms. The Labute approximate surface area is 154 Å². The molecule has 0 aliphatic heterocycles. The van der Waals surface area contributed by atoms with Crippen LogP contribution in [0, 0.1) is 0 Å². The van der Waals surface area contributed by atoms with Crippen molar-refractivity contribution in [3.63, 3.8) is 0 Å². The van der Waals surface area contributed by atoms with Crippen LogP contribution < -0.4 is 0 Å². The molecule has 1 aliphatic rings. The highest BCUT2D eigenvalue weighted by molar-refractivity contribution is 6.12. The van der Waals surface area contributed by atoms with E-state index in [1.165, 1.54) is 44.2 Å². The predicted octanol–water partition coefficient (Wildman–Crippen LogP) is 6.85. The van der Waals surface area contributed by atoms with Crippen LogP contribution in [-0.4, -0.2) is 4.98 Å². The summed E-state index contributed by atoms with van der Waals surface area (Å²) >= 11 is 0. The summed E-state index contributed by atoms with van der Waals surface area (Å²) in [5.41, 5.74) is 8.91. The Bertz CT molecular complexity index is 1160. The fraction of sp³-hybridized carbons (Fsp3) is 0.160. The van der Waals surface area contributed by atoms with Gasteiger partial charge >= 0.3 is 0 Å². The maximum absolute atomic E-state index is 4.81. The Morgan fingerprint density at radius 3 is 2.15 bits per heavy atom. The second kappa shape index (κ2) is 5.28. The molecule has 1 heterocycles. The van der Waals surface area contributed by atoms with Crippen LogP contribution in [0.4, 0.5) is 0 Å². The second-order valence-corrected chi connectivity index (χ2v) is 8.12. The first-order valence-corrected chi connectivity index (χ1v) is 9.16. The lowest BCUT2D eigenvalue weighted by atomic mass is 9.83. The van der Waals surface area contributed by atoms with Gasteiger partial charge in [-0.1, -0.05) is 75.4 Å². The molecule has 0 unspecified atom stereocenters. The number of pyridine rings is 1. The van der Waals surface area contributed by atoms with Gasteiger partial charge in [0.15, 0.2) is 0 Å². The molecule has 0 bridgehead atoms. The van der Waals surface area contributed by atoms with Crippen molar-refractivity contribution in [2.75, 3.05) is 0 Å². The van der Waals surface area contributed by atoms with E-state index in [-0.39, 0.29) is 5.41 Å². The van der Waals surface area contributed by atoms with E-state index in [4.69, 9.17) is 4.98 Å². The summed E-state index contributed by atoms with van der Waals surface area (Å²) in [5, 5.41) is 2.50. The molecular formula is C25H21N. The SMILES string of the molecule is CC(C)(C)c1ccc2c(c1)-c1ccccc1-c1cccc3ccnc-2c13. The average molecular weight is 335 g/mol. The van der Waals surface area contributed by atoms with Gasteiger partial charge in [0.05, 0.1) is 5.69 Å². The molecule has 0 fully saturated rings. The van der Waals surface area contributed by atoms with Crippen molar-refractivity contribution in [1.82, 2.24) is 4.98 Å². The number of hydrogen-bond donors (Lipinski definition) is 0. The molecule has 0 radical (unpaired) electrons. The molecule has 1 aromatic heterocycles. The Morgan fingerprint density at radius 1 is 0.654 bits per heavy atom. The van der Waals surface area contributed by atoms with Crippen LogP contribution in [0.2, 0.25) is 0 Å². The van der Waals surface area contributed by atoms with Gasteiger partial charge in [-0.15, -0.1) is 0 Å². The third-order valence-corrected chi connectivity index (χ3v) is 5.44. The molecule has 1 aliphatic carbocycles. The first kappa shape index (κ1) is 15.3. The third-order valence-electron chi connectivity index (χ3n) is 5.44. The summed E-state index contributed by atoms with van der Waals surface area (Å²) in [7, 11) is 0. The standard InChI is InChI=1S/C25H21N/c1-25(2,3)17-11-12-21-22(15-17)19-9-5-4-8-18(19)20-10-6-7-16-13-14-26-24(21)23(16)20/h4-15H,1-3H3. The molecule has 0 amide bonds. The third kappa shape index (κ3) is 2.13. The highest BCUT2D eigenvalue weighted by Gasteiger charge is 2.24. The normalized spacial score (nSPS) is 12.4. The summed E-state index contributed by atoms with van der Waals surface area (Å²) in [5.74, 6) is 0. The van der Waals surface area contributed by atoms with Crippen molar-refractivity contribution in [3.8, 4) is 33.5 Å². The van der Waals surface area contributed by atoms with E-state index in [0.29, 0.717) is 0 Å². The molecule has 126 valence electrons. The zero-order valence-corrected chi connectivity index (χ0v) is 15.4. The van der Waals surface area contributed by atoms with Gasteiger partial charge in [-0.2, -0.15) is 0 Å². The minimum atomic E-state index is 0.114. The molecular weight excluding hydrogens is 314 g/mol. The molecule has 4 aromatic rings. The highest BCUT2D eigenvalue weighted by Crippen LogP contribution is 2.47. The smallest absolute Gasteiger partial charge is 0.0792 e. The van der Waals surface area contributed by atoms with Crippen LogP contribution in [0.15, 0.2) is 72.9 Å². The van der Waals surface area contributed by atoms with E-state index in [2.05, 4.69) is 87.5 Å². The Balaban J connectivity index is 1.99. The molecule has 5 rings (SSSR count). The topological polar surface area (TPSA) is 12.9 Å². The maximum atomic E-state index is 4.81. The molecule has 1 nitrogen and oxygen atoms in total. The van der Waals surface area contributed by atoms with Crippen LogP contribution in [-0.2, 0) is 5.41 Å². The molecule has 0 spiro atoms. The number of rotatable bonds is 0. The summed E-state index contributed by atoms with van der Waals surface area (Å²) in [6.07, 6.45) is 1.93. The Hall–Kier alpha value is -2.93. The van der Waals surface area contributed by atoms with Crippen molar-refractivity contribution in [2.45, 2.75) is 26.2 Å². The fourth-order valence-electron chi connectivity index (χ4n) is 4.05. The monoisotopic (exact) mass is 335 g/mol. The number of benzene rings is 3.